The predicted octanol–water partition coefficient (Wildman–Crippen LogP) is 4.67. The fourth-order valence-electron chi connectivity index (χ4n) is 3.01. The van der Waals surface area contributed by atoms with Gasteiger partial charge in [-0.3, -0.25) is 9.10 Å². The topological polar surface area (TPSA) is 75.7 Å². The highest BCUT2D eigenvalue weighted by molar-refractivity contribution is 7.92. The fourth-order valence-corrected chi connectivity index (χ4v) is 4.31. The third-order valence-corrected chi connectivity index (χ3v) is 6.11. The normalized spacial score (nSPS) is 12.5. The molecular weight excluding hydrogens is 447 g/mol. The molecule has 0 saturated heterocycles. The maximum Gasteiger partial charge on any atom is 0.241 e. The SMILES string of the molecule is COc1ccc([C@H](CC(C)C)NC(=O)CN(c2cc(Cl)ccc2Cl)S(C)(=O)=O)cc1. The quantitative estimate of drug-likeness (QED) is 0.574. The number of anilines is 1. The molecular formula is C21H26Cl2N2O4S. The number of carbonyl (C=O) groups is 1. The Kier molecular flexibility index (Phi) is 8.41. The van der Waals surface area contributed by atoms with Crippen LogP contribution in [0.3, 0.4) is 0 Å². The van der Waals surface area contributed by atoms with Crippen LogP contribution in [0, 0.1) is 5.92 Å². The second-order valence-electron chi connectivity index (χ2n) is 7.39. The van der Waals surface area contributed by atoms with Crippen molar-refractivity contribution in [2.75, 3.05) is 24.2 Å². The summed E-state index contributed by atoms with van der Waals surface area (Å²) in [5.41, 5.74) is 1.07. The van der Waals surface area contributed by atoms with E-state index >= 15 is 0 Å². The van der Waals surface area contributed by atoms with E-state index in [1.165, 1.54) is 12.1 Å². The number of carbonyl (C=O) groups excluding carboxylic acids is 1. The highest BCUT2D eigenvalue weighted by Gasteiger charge is 2.25. The molecule has 0 aliphatic heterocycles. The largest absolute Gasteiger partial charge is 0.497 e. The Bertz CT molecular complexity index is 979. The molecule has 0 unspecified atom stereocenters. The number of ether oxygens (including phenoxy) is 1. The molecule has 0 aromatic heterocycles. The second-order valence-corrected chi connectivity index (χ2v) is 10.1. The molecule has 0 bridgehead atoms. The lowest BCUT2D eigenvalue weighted by Gasteiger charge is -2.26. The Morgan fingerprint density at radius 2 is 1.77 bits per heavy atom. The second kappa shape index (κ2) is 10.4. The van der Waals surface area contributed by atoms with Crippen molar-refractivity contribution in [2.45, 2.75) is 26.3 Å². The van der Waals surface area contributed by atoms with Crippen molar-refractivity contribution in [3.63, 3.8) is 0 Å². The minimum Gasteiger partial charge on any atom is -0.497 e. The van der Waals surface area contributed by atoms with Crippen LogP contribution in [0.15, 0.2) is 42.5 Å². The van der Waals surface area contributed by atoms with Crippen LogP contribution in [0.2, 0.25) is 10.0 Å². The molecule has 164 valence electrons. The number of sulfonamides is 1. The molecule has 0 saturated carbocycles. The summed E-state index contributed by atoms with van der Waals surface area (Å²) in [5.74, 6) is 0.580. The molecule has 0 aliphatic carbocycles. The Balaban J connectivity index is 2.27. The molecule has 0 spiro atoms. The van der Waals surface area contributed by atoms with Gasteiger partial charge in [-0.1, -0.05) is 49.2 Å². The Hall–Kier alpha value is -1.96. The van der Waals surface area contributed by atoms with Crippen LogP contribution in [-0.4, -0.2) is 34.2 Å². The smallest absolute Gasteiger partial charge is 0.241 e. The maximum absolute atomic E-state index is 12.8. The molecule has 1 atom stereocenters. The maximum atomic E-state index is 12.8. The Morgan fingerprint density at radius 3 is 2.30 bits per heavy atom. The number of halogens is 2. The summed E-state index contributed by atoms with van der Waals surface area (Å²) in [6.07, 6.45) is 1.71. The average molecular weight is 473 g/mol. The van der Waals surface area contributed by atoms with Crippen molar-refractivity contribution < 1.29 is 17.9 Å². The van der Waals surface area contributed by atoms with Gasteiger partial charge in [-0.05, 0) is 48.2 Å². The van der Waals surface area contributed by atoms with Crippen LogP contribution < -0.4 is 14.4 Å². The summed E-state index contributed by atoms with van der Waals surface area (Å²) in [5, 5.41) is 3.45. The standard InChI is InChI=1S/C21H26Cl2N2O4S/c1-14(2)11-19(15-5-8-17(29-3)9-6-15)24-21(26)13-25(30(4,27)28)20-12-16(22)7-10-18(20)23/h5-10,12,14,19H,11,13H2,1-4H3,(H,24,26)/t19-/m0/s1. The minimum absolute atomic E-state index is 0.159. The monoisotopic (exact) mass is 472 g/mol. The number of amides is 1. The fraction of sp³-hybridized carbons (Fsp3) is 0.381. The van der Waals surface area contributed by atoms with Gasteiger partial charge in [-0.15, -0.1) is 0 Å². The summed E-state index contributed by atoms with van der Waals surface area (Å²) >= 11 is 12.2. The first-order chi connectivity index (χ1) is 14.0. The van der Waals surface area contributed by atoms with Crippen LogP contribution in [0.4, 0.5) is 5.69 Å². The summed E-state index contributed by atoms with van der Waals surface area (Å²) < 4.78 is 30.9. The molecule has 1 amide bonds. The van der Waals surface area contributed by atoms with Gasteiger partial charge in [0.25, 0.3) is 0 Å². The van der Waals surface area contributed by atoms with E-state index in [-0.39, 0.29) is 16.8 Å². The number of rotatable bonds is 9. The zero-order chi connectivity index (χ0) is 22.5. The molecule has 2 rings (SSSR count). The van der Waals surface area contributed by atoms with Crippen LogP contribution in [0.25, 0.3) is 0 Å². The zero-order valence-electron chi connectivity index (χ0n) is 17.4. The van der Waals surface area contributed by atoms with E-state index in [0.717, 1.165) is 16.1 Å². The van der Waals surface area contributed by atoms with Crippen molar-refractivity contribution >= 4 is 44.8 Å². The van der Waals surface area contributed by atoms with Gasteiger partial charge in [0, 0.05) is 5.02 Å². The van der Waals surface area contributed by atoms with Gasteiger partial charge in [-0.25, -0.2) is 8.42 Å². The summed E-state index contributed by atoms with van der Waals surface area (Å²) in [6, 6.07) is 11.6. The first kappa shape index (κ1) is 24.3. The zero-order valence-corrected chi connectivity index (χ0v) is 19.7. The highest BCUT2D eigenvalue weighted by atomic mass is 35.5. The van der Waals surface area contributed by atoms with E-state index in [4.69, 9.17) is 27.9 Å². The third-order valence-electron chi connectivity index (χ3n) is 4.42. The van der Waals surface area contributed by atoms with Gasteiger partial charge in [-0.2, -0.15) is 0 Å². The number of methoxy groups -OCH3 is 1. The van der Waals surface area contributed by atoms with Crippen LogP contribution in [0.5, 0.6) is 5.75 Å². The van der Waals surface area contributed by atoms with Gasteiger partial charge < -0.3 is 10.1 Å². The molecule has 2 aromatic carbocycles. The first-order valence-corrected chi connectivity index (χ1v) is 12.0. The summed E-state index contributed by atoms with van der Waals surface area (Å²) in [6.45, 7) is 3.69. The van der Waals surface area contributed by atoms with Crippen LogP contribution in [0.1, 0.15) is 31.9 Å². The van der Waals surface area contributed by atoms with Crippen molar-refractivity contribution in [3.05, 3.63) is 58.1 Å². The number of nitrogens with zero attached hydrogens (tertiary/aromatic N) is 1. The van der Waals surface area contributed by atoms with Crippen molar-refractivity contribution in [1.29, 1.82) is 0 Å². The van der Waals surface area contributed by atoms with Crippen LogP contribution >= 0.6 is 23.2 Å². The average Bonchev–Trinajstić information content (AvgIpc) is 2.66. The van der Waals surface area contributed by atoms with E-state index in [2.05, 4.69) is 19.2 Å². The Labute approximate surface area is 188 Å². The van der Waals surface area contributed by atoms with E-state index in [0.29, 0.717) is 23.1 Å². The minimum atomic E-state index is -3.77. The van der Waals surface area contributed by atoms with Crippen molar-refractivity contribution in [1.82, 2.24) is 5.32 Å². The van der Waals surface area contributed by atoms with Crippen LogP contribution in [-0.2, 0) is 14.8 Å². The van der Waals surface area contributed by atoms with Crippen molar-refractivity contribution in [3.8, 4) is 5.75 Å². The molecule has 0 aliphatic rings. The predicted molar refractivity (Wildman–Crippen MR) is 122 cm³/mol. The third kappa shape index (κ3) is 6.79. The molecule has 9 heteroatoms. The number of hydrogen-bond donors (Lipinski definition) is 1. The van der Waals surface area contributed by atoms with Gasteiger partial charge >= 0.3 is 0 Å². The van der Waals surface area contributed by atoms with Gasteiger partial charge in [0.2, 0.25) is 15.9 Å². The molecule has 1 N–H and O–H groups in total. The Morgan fingerprint density at radius 1 is 1.13 bits per heavy atom. The van der Waals surface area contributed by atoms with Gasteiger partial charge in [0.1, 0.15) is 12.3 Å². The summed E-state index contributed by atoms with van der Waals surface area (Å²) in [4.78, 5) is 12.8. The lowest BCUT2D eigenvalue weighted by atomic mass is 9.97. The van der Waals surface area contributed by atoms with Crippen molar-refractivity contribution in [2.24, 2.45) is 5.92 Å². The molecule has 0 heterocycles. The molecule has 0 fully saturated rings. The lowest BCUT2D eigenvalue weighted by Crippen LogP contribution is -2.42. The van der Waals surface area contributed by atoms with E-state index in [1.54, 1.807) is 13.2 Å². The molecule has 30 heavy (non-hydrogen) atoms. The number of nitrogens with one attached hydrogen (secondary N) is 1. The molecule has 2 aromatic rings. The first-order valence-electron chi connectivity index (χ1n) is 9.37. The molecule has 0 radical (unpaired) electrons. The highest BCUT2D eigenvalue weighted by Crippen LogP contribution is 2.31. The van der Waals surface area contributed by atoms with E-state index in [1.807, 2.05) is 24.3 Å². The number of benzene rings is 2. The van der Waals surface area contributed by atoms with E-state index < -0.39 is 22.5 Å². The number of hydrogen-bond acceptors (Lipinski definition) is 4. The van der Waals surface area contributed by atoms with E-state index in [9.17, 15) is 13.2 Å². The van der Waals surface area contributed by atoms with Gasteiger partial charge in [0.05, 0.1) is 30.1 Å². The lowest BCUT2D eigenvalue weighted by molar-refractivity contribution is -0.120. The molecule has 6 nitrogen and oxygen atoms in total. The van der Waals surface area contributed by atoms with Gasteiger partial charge in [0.15, 0.2) is 0 Å². The summed E-state index contributed by atoms with van der Waals surface area (Å²) in [7, 11) is -2.19.